The number of rotatable bonds is 3. The van der Waals surface area contributed by atoms with Gasteiger partial charge in [-0.25, -0.2) is 8.42 Å². The largest absolute Gasteiger partial charge is 0.490 e. The van der Waals surface area contributed by atoms with Gasteiger partial charge >= 0.3 is 0 Å². The number of hydrogen-bond acceptors (Lipinski definition) is 4. The van der Waals surface area contributed by atoms with Crippen LogP contribution in [0.4, 0.5) is 11.4 Å². The third-order valence-corrected chi connectivity index (χ3v) is 4.16. The molecule has 0 atom stereocenters. The van der Waals surface area contributed by atoms with Gasteiger partial charge in [-0.1, -0.05) is 0 Å². The Labute approximate surface area is 112 Å². The first-order chi connectivity index (χ1) is 8.93. The minimum absolute atomic E-state index is 0.00297. The van der Waals surface area contributed by atoms with Crippen LogP contribution in [0.1, 0.15) is 13.8 Å². The lowest BCUT2D eigenvalue weighted by Gasteiger charge is -2.29. The van der Waals surface area contributed by atoms with Crippen LogP contribution in [-0.4, -0.2) is 33.2 Å². The van der Waals surface area contributed by atoms with Crippen molar-refractivity contribution in [3.05, 3.63) is 18.2 Å². The van der Waals surface area contributed by atoms with E-state index >= 15 is 0 Å². The van der Waals surface area contributed by atoms with E-state index in [0.29, 0.717) is 30.3 Å². The Morgan fingerprint density at radius 3 is 2.84 bits per heavy atom. The summed E-state index contributed by atoms with van der Waals surface area (Å²) in [4.78, 5) is 13.1. The Kier molecular flexibility index (Phi) is 3.66. The van der Waals surface area contributed by atoms with Crippen molar-refractivity contribution in [2.45, 2.75) is 13.8 Å². The lowest BCUT2D eigenvalue weighted by Crippen LogP contribution is -2.36. The van der Waals surface area contributed by atoms with Gasteiger partial charge < -0.3 is 9.64 Å². The fourth-order valence-corrected chi connectivity index (χ4v) is 2.49. The van der Waals surface area contributed by atoms with Crippen LogP contribution in [-0.2, 0) is 14.8 Å². The lowest BCUT2D eigenvalue weighted by molar-refractivity contribution is -0.116. The van der Waals surface area contributed by atoms with E-state index in [1.54, 1.807) is 30.0 Å². The van der Waals surface area contributed by atoms with Crippen molar-refractivity contribution in [2.24, 2.45) is 0 Å². The second-order valence-corrected chi connectivity index (χ2v) is 6.22. The number of nitrogens with zero attached hydrogens (tertiary/aromatic N) is 1. The number of carbonyl (C=O) groups is 1. The van der Waals surface area contributed by atoms with E-state index in [4.69, 9.17) is 4.74 Å². The van der Waals surface area contributed by atoms with Gasteiger partial charge in [-0.15, -0.1) is 0 Å². The van der Waals surface area contributed by atoms with Gasteiger partial charge in [0.05, 0.1) is 23.7 Å². The fourth-order valence-electron chi connectivity index (χ4n) is 1.86. The Bertz CT molecular complexity index is 598. The second-order valence-electron chi connectivity index (χ2n) is 4.21. The van der Waals surface area contributed by atoms with Gasteiger partial charge in [0.1, 0.15) is 12.4 Å². The molecule has 0 unspecified atom stereocenters. The average Bonchev–Trinajstić information content (AvgIpc) is 2.37. The quantitative estimate of drug-likeness (QED) is 0.904. The number of carbonyl (C=O) groups excluding carboxylic acids is 1. The second kappa shape index (κ2) is 5.08. The van der Waals surface area contributed by atoms with Crippen LogP contribution in [0.3, 0.4) is 0 Å². The molecule has 0 radical (unpaired) electrons. The summed E-state index contributed by atoms with van der Waals surface area (Å²) >= 11 is 0. The highest BCUT2D eigenvalue weighted by Gasteiger charge is 2.22. The summed E-state index contributed by atoms with van der Waals surface area (Å²) in [6.45, 7) is 3.93. The number of benzene rings is 1. The zero-order chi connectivity index (χ0) is 14.0. The molecule has 1 N–H and O–H groups in total. The zero-order valence-corrected chi connectivity index (χ0v) is 11.7. The Balaban J connectivity index is 2.36. The van der Waals surface area contributed by atoms with E-state index in [9.17, 15) is 13.2 Å². The molecule has 2 rings (SSSR count). The van der Waals surface area contributed by atoms with Gasteiger partial charge in [-0.05, 0) is 25.1 Å². The van der Waals surface area contributed by atoms with Gasteiger partial charge in [0, 0.05) is 6.92 Å². The standard InChI is InChI=1S/C12H16N2O4S/c1-3-19(16,17)13-10-4-5-12-11(8-10)14(9(2)15)6-7-18-12/h4-5,8,13H,3,6-7H2,1-2H3. The first kappa shape index (κ1) is 13.7. The Hall–Kier alpha value is -1.76. The van der Waals surface area contributed by atoms with Gasteiger partial charge in [0.25, 0.3) is 0 Å². The van der Waals surface area contributed by atoms with E-state index in [-0.39, 0.29) is 11.7 Å². The van der Waals surface area contributed by atoms with Crippen LogP contribution in [0.2, 0.25) is 0 Å². The smallest absolute Gasteiger partial charge is 0.232 e. The molecular weight excluding hydrogens is 268 g/mol. The van der Waals surface area contributed by atoms with Gasteiger partial charge in [0.2, 0.25) is 15.9 Å². The van der Waals surface area contributed by atoms with Gasteiger partial charge in [-0.3, -0.25) is 9.52 Å². The molecule has 19 heavy (non-hydrogen) atoms. The van der Waals surface area contributed by atoms with Crippen molar-refractivity contribution in [1.82, 2.24) is 0 Å². The molecule has 104 valence electrons. The van der Waals surface area contributed by atoms with Crippen molar-refractivity contribution in [2.75, 3.05) is 28.5 Å². The molecule has 7 heteroatoms. The van der Waals surface area contributed by atoms with Gasteiger partial charge in [-0.2, -0.15) is 0 Å². The summed E-state index contributed by atoms with van der Waals surface area (Å²) in [5.74, 6) is 0.484. The molecule has 0 spiro atoms. The number of anilines is 2. The number of ether oxygens (including phenoxy) is 1. The molecule has 0 bridgehead atoms. The lowest BCUT2D eigenvalue weighted by atomic mass is 10.2. The Morgan fingerprint density at radius 1 is 1.47 bits per heavy atom. The number of amides is 1. The number of sulfonamides is 1. The average molecular weight is 284 g/mol. The Morgan fingerprint density at radius 2 is 2.21 bits per heavy atom. The van der Waals surface area contributed by atoms with Gasteiger partial charge in [0.15, 0.2) is 0 Å². The SMILES string of the molecule is CCS(=O)(=O)Nc1ccc2c(c1)N(C(C)=O)CCO2. The minimum Gasteiger partial charge on any atom is -0.490 e. The van der Waals surface area contributed by atoms with Crippen molar-refractivity contribution < 1.29 is 17.9 Å². The first-order valence-electron chi connectivity index (χ1n) is 5.98. The molecule has 1 heterocycles. The zero-order valence-electron chi connectivity index (χ0n) is 10.8. The highest BCUT2D eigenvalue weighted by molar-refractivity contribution is 7.92. The topological polar surface area (TPSA) is 75.7 Å². The summed E-state index contributed by atoms with van der Waals surface area (Å²) in [7, 11) is -3.33. The predicted molar refractivity (Wildman–Crippen MR) is 73.0 cm³/mol. The number of fused-ring (bicyclic) bond motifs is 1. The van der Waals surface area contributed by atoms with Crippen LogP contribution in [0.5, 0.6) is 5.75 Å². The van der Waals surface area contributed by atoms with Crippen molar-refractivity contribution in [3.63, 3.8) is 0 Å². The third kappa shape index (κ3) is 2.98. The maximum absolute atomic E-state index is 11.5. The van der Waals surface area contributed by atoms with Crippen LogP contribution in [0.15, 0.2) is 18.2 Å². The maximum Gasteiger partial charge on any atom is 0.232 e. The monoisotopic (exact) mass is 284 g/mol. The van der Waals surface area contributed by atoms with Crippen LogP contribution >= 0.6 is 0 Å². The third-order valence-electron chi connectivity index (χ3n) is 2.86. The summed E-state index contributed by atoms with van der Waals surface area (Å²) in [6, 6.07) is 4.90. The first-order valence-corrected chi connectivity index (χ1v) is 7.63. The molecule has 0 saturated heterocycles. The molecule has 1 aliphatic rings. The van der Waals surface area contributed by atoms with E-state index in [1.807, 2.05) is 0 Å². The molecule has 0 saturated carbocycles. The van der Waals surface area contributed by atoms with E-state index in [0.717, 1.165) is 0 Å². The normalized spacial score (nSPS) is 14.5. The molecule has 0 aromatic heterocycles. The van der Waals surface area contributed by atoms with E-state index in [2.05, 4.69) is 4.72 Å². The molecule has 1 aromatic rings. The van der Waals surface area contributed by atoms with Crippen LogP contribution in [0, 0.1) is 0 Å². The van der Waals surface area contributed by atoms with Crippen LogP contribution in [0.25, 0.3) is 0 Å². The molecule has 1 aliphatic heterocycles. The summed E-state index contributed by atoms with van der Waals surface area (Å²) in [6.07, 6.45) is 0. The molecule has 0 fully saturated rings. The van der Waals surface area contributed by atoms with E-state index < -0.39 is 10.0 Å². The highest BCUT2D eigenvalue weighted by Crippen LogP contribution is 2.34. The number of hydrogen-bond donors (Lipinski definition) is 1. The fraction of sp³-hybridized carbons (Fsp3) is 0.417. The van der Waals surface area contributed by atoms with Crippen molar-refractivity contribution in [3.8, 4) is 5.75 Å². The molecular formula is C12H16N2O4S. The molecule has 1 amide bonds. The number of nitrogens with one attached hydrogen (secondary N) is 1. The summed E-state index contributed by atoms with van der Waals surface area (Å²) in [5, 5.41) is 0. The highest BCUT2D eigenvalue weighted by atomic mass is 32.2. The van der Waals surface area contributed by atoms with Crippen LogP contribution < -0.4 is 14.4 Å². The minimum atomic E-state index is -3.33. The summed E-state index contributed by atoms with van der Waals surface area (Å²) in [5.41, 5.74) is 1.02. The summed E-state index contributed by atoms with van der Waals surface area (Å²) < 4.78 is 31.0. The maximum atomic E-state index is 11.5. The predicted octanol–water partition coefficient (Wildman–Crippen LogP) is 1.19. The van der Waals surface area contributed by atoms with Crippen molar-refractivity contribution >= 4 is 27.3 Å². The van der Waals surface area contributed by atoms with Crippen molar-refractivity contribution in [1.29, 1.82) is 0 Å². The molecule has 1 aromatic carbocycles. The molecule has 0 aliphatic carbocycles. The molecule has 6 nitrogen and oxygen atoms in total. The van der Waals surface area contributed by atoms with E-state index in [1.165, 1.54) is 6.92 Å².